The maximum Gasteiger partial charge on any atom is 0.387 e. The number of aromatic nitrogens is 3. The molecule has 3 heterocycles. The molecule has 0 aliphatic carbocycles. The highest BCUT2D eigenvalue weighted by Gasteiger charge is 2.14. The molecule has 7 nitrogen and oxygen atoms in total. The first-order chi connectivity index (χ1) is 13.9. The van der Waals surface area contributed by atoms with Crippen LogP contribution in [0.15, 0.2) is 53.5 Å². The van der Waals surface area contributed by atoms with Gasteiger partial charge in [-0.3, -0.25) is 9.20 Å². The number of rotatable bonds is 5. The summed E-state index contributed by atoms with van der Waals surface area (Å²) < 4.78 is 35.6. The van der Waals surface area contributed by atoms with Crippen molar-refractivity contribution in [2.24, 2.45) is 0 Å². The van der Waals surface area contributed by atoms with E-state index in [1.54, 1.807) is 18.3 Å². The Morgan fingerprint density at radius 3 is 2.83 bits per heavy atom. The van der Waals surface area contributed by atoms with E-state index in [9.17, 15) is 18.4 Å². The van der Waals surface area contributed by atoms with Gasteiger partial charge in [-0.15, -0.1) is 0 Å². The molecule has 0 aliphatic heterocycles. The number of benzene rings is 1. The van der Waals surface area contributed by atoms with Gasteiger partial charge in [-0.2, -0.15) is 8.78 Å². The number of hydrogen-bond acceptors (Lipinski definition) is 5. The lowest BCUT2D eigenvalue weighted by Gasteiger charge is -2.06. The van der Waals surface area contributed by atoms with Gasteiger partial charge in [0, 0.05) is 29.2 Å². The molecule has 0 unspecified atom stereocenters. The van der Waals surface area contributed by atoms with E-state index in [1.165, 1.54) is 28.7 Å². The molecule has 0 atom stereocenters. The van der Waals surface area contributed by atoms with Gasteiger partial charge in [-0.1, -0.05) is 6.07 Å². The third kappa shape index (κ3) is 3.93. The zero-order valence-corrected chi connectivity index (χ0v) is 15.2. The summed E-state index contributed by atoms with van der Waals surface area (Å²) in [7, 11) is 0. The molecular formula is C20H15F2N3O4. The number of ether oxygens (including phenoxy) is 2. The van der Waals surface area contributed by atoms with Crippen LogP contribution in [-0.4, -0.2) is 26.9 Å². The quantitative estimate of drug-likeness (QED) is 0.520. The minimum absolute atomic E-state index is 0.0228. The lowest BCUT2D eigenvalue weighted by Crippen LogP contribution is -2.17. The number of hydrogen-bond donors (Lipinski definition) is 1. The Bertz CT molecular complexity index is 1280. The summed E-state index contributed by atoms with van der Waals surface area (Å²) in [5.74, 6) is -0.686. The average molecular weight is 399 g/mol. The SMILES string of the molecule is Cc1ccc2nc(COC(=O)c3cc4ccc(OC(F)F)cc4[nH]3)cc(=O)n2c1. The monoisotopic (exact) mass is 399 g/mol. The van der Waals surface area contributed by atoms with E-state index in [1.807, 2.05) is 13.0 Å². The van der Waals surface area contributed by atoms with E-state index in [0.717, 1.165) is 5.56 Å². The number of halogens is 2. The highest BCUT2D eigenvalue weighted by atomic mass is 19.3. The Labute approximate surface area is 162 Å². The van der Waals surface area contributed by atoms with Crippen LogP contribution < -0.4 is 10.3 Å². The van der Waals surface area contributed by atoms with Crippen molar-refractivity contribution in [2.75, 3.05) is 0 Å². The molecule has 29 heavy (non-hydrogen) atoms. The smallest absolute Gasteiger partial charge is 0.387 e. The summed E-state index contributed by atoms with van der Waals surface area (Å²) >= 11 is 0. The highest BCUT2D eigenvalue weighted by Crippen LogP contribution is 2.23. The van der Waals surface area contributed by atoms with E-state index in [0.29, 0.717) is 22.2 Å². The summed E-state index contributed by atoms with van der Waals surface area (Å²) in [5.41, 5.74) is 2.00. The second-order valence-electron chi connectivity index (χ2n) is 6.41. The van der Waals surface area contributed by atoms with Gasteiger partial charge >= 0.3 is 12.6 Å². The first-order valence-electron chi connectivity index (χ1n) is 8.63. The number of pyridine rings is 1. The Balaban J connectivity index is 1.51. The molecule has 0 saturated carbocycles. The third-order valence-corrected chi connectivity index (χ3v) is 4.25. The Morgan fingerprint density at radius 1 is 1.21 bits per heavy atom. The minimum atomic E-state index is -2.94. The average Bonchev–Trinajstić information content (AvgIpc) is 3.09. The molecule has 0 amide bonds. The van der Waals surface area contributed by atoms with E-state index in [4.69, 9.17) is 4.74 Å². The second-order valence-corrected chi connectivity index (χ2v) is 6.41. The summed E-state index contributed by atoms with van der Waals surface area (Å²) in [6.07, 6.45) is 1.68. The first kappa shape index (κ1) is 18.6. The number of aryl methyl sites for hydroxylation is 1. The largest absolute Gasteiger partial charge is 0.455 e. The normalized spacial score (nSPS) is 11.3. The predicted molar refractivity (Wildman–Crippen MR) is 100 cm³/mol. The summed E-state index contributed by atoms with van der Waals surface area (Å²) in [6, 6.07) is 10.7. The summed E-state index contributed by atoms with van der Waals surface area (Å²) in [6.45, 7) is -1.26. The molecule has 0 radical (unpaired) electrons. The number of nitrogens with one attached hydrogen (secondary N) is 1. The fraction of sp³-hybridized carbons (Fsp3) is 0.150. The zero-order chi connectivity index (χ0) is 20.5. The number of nitrogens with zero attached hydrogens (tertiary/aromatic N) is 2. The summed E-state index contributed by atoms with van der Waals surface area (Å²) in [4.78, 5) is 31.7. The zero-order valence-electron chi connectivity index (χ0n) is 15.2. The van der Waals surface area contributed by atoms with Gasteiger partial charge in [0.05, 0.1) is 5.69 Å². The number of carbonyl (C=O) groups excluding carboxylic acids is 1. The number of esters is 1. The maximum absolute atomic E-state index is 12.3. The van der Waals surface area contributed by atoms with Crippen LogP contribution in [0.3, 0.4) is 0 Å². The van der Waals surface area contributed by atoms with Gasteiger partial charge in [0.25, 0.3) is 5.56 Å². The molecular weight excluding hydrogens is 384 g/mol. The maximum atomic E-state index is 12.3. The van der Waals surface area contributed by atoms with Crippen LogP contribution in [0, 0.1) is 6.92 Å². The summed E-state index contributed by atoms with van der Waals surface area (Å²) in [5, 5.41) is 0.635. The van der Waals surface area contributed by atoms with Gasteiger partial charge in [0.1, 0.15) is 23.7 Å². The van der Waals surface area contributed by atoms with E-state index < -0.39 is 12.6 Å². The molecule has 4 rings (SSSR count). The molecule has 9 heteroatoms. The van der Waals surface area contributed by atoms with Crippen molar-refractivity contribution in [3.63, 3.8) is 0 Å². The van der Waals surface area contributed by atoms with Crippen LogP contribution in [0.1, 0.15) is 21.7 Å². The van der Waals surface area contributed by atoms with Crippen LogP contribution in [-0.2, 0) is 11.3 Å². The molecule has 0 spiro atoms. The van der Waals surface area contributed by atoms with Crippen molar-refractivity contribution in [3.05, 3.63) is 76.0 Å². The van der Waals surface area contributed by atoms with Crippen LogP contribution in [0.2, 0.25) is 0 Å². The Morgan fingerprint density at radius 2 is 2.03 bits per heavy atom. The molecule has 1 N–H and O–H groups in total. The Hall–Kier alpha value is -3.75. The minimum Gasteiger partial charge on any atom is -0.455 e. The molecule has 0 aliphatic rings. The van der Waals surface area contributed by atoms with Gasteiger partial charge in [-0.25, -0.2) is 9.78 Å². The van der Waals surface area contributed by atoms with Crippen molar-refractivity contribution in [1.82, 2.24) is 14.4 Å². The molecule has 3 aromatic heterocycles. The number of H-pyrrole nitrogens is 1. The van der Waals surface area contributed by atoms with Crippen molar-refractivity contribution in [2.45, 2.75) is 20.1 Å². The van der Waals surface area contributed by atoms with Gasteiger partial charge < -0.3 is 14.5 Å². The van der Waals surface area contributed by atoms with Crippen LogP contribution in [0.5, 0.6) is 5.75 Å². The fourth-order valence-corrected chi connectivity index (χ4v) is 2.94. The van der Waals surface area contributed by atoms with Crippen LogP contribution in [0.4, 0.5) is 8.78 Å². The number of carbonyl (C=O) groups is 1. The molecule has 4 aromatic rings. The second kappa shape index (κ2) is 7.34. The topological polar surface area (TPSA) is 85.7 Å². The molecule has 148 valence electrons. The van der Waals surface area contributed by atoms with Crippen LogP contribution in [0.25, 0.3) is 16.6 Å². The predicted octanol–water partition coefficient (Wildman–Crippen LogP) is 3.44. The third-order valence-electron chi connectivity index (χ3n) is 4.25. The van der Waals surface area contributed by atoms with Crippen molar-refractivity contribution in [1.29, 1.82) is 0 Å². The van der Waals surface area contributed by atoms with Crippen molar-refractivity contribution in [3.8, 4) is 5.75 Å². The molecule has 0 saturated heterocycles. The fourth-order valence-electron chi connectivity index (χ4n) is 2.94. The van der Waals surface area contributed by atoms with E-state index in [-0.39, 0.29) is 23.6 Å². The Kier molecular flexibility index (Phi) is 4.71. The molecule has 1 aromatic carbocycles. The lowest BCUT2D eigenvalue weighted by molar-refractivity contribution is -0.0497. The van der Waals surface area contributed by atoms with E-state index in [2.05, 4.69) is 14.7 Å². The number of aromatic amines is 1. The van der Waals surface area contributed by atoms with Gasteiger partial charge in [-0.05, 0) is 36.8 Å². The van der Waals surface area contributed by atoms with Crippen LogP contribution >= 0.6 is 0 Å². The highest BCUT2D eigenvalue weighted by molar-refractivity contribution is 5.95. The van der Waals surface area contributed by atoms with Crippen molar-refractivity contribution < 1.29 is 23.0 Å². The molecule has 0 fully saturated rings. The lowest BCUT2D eigenvalue weighted by atomic mass is 10.2. The van der Waals surface area contributed by atoms with E-state index >= 15 is 0 Å². The van der Waals surface area contributed by atoms with Gasteiger partial charge in [0.2, 0.25) is 0 Å². The number of alkyl halides is 2. The standard InChI is InChI=1S/C20H15F2N3O4/c1-11-2-5-17-23-13(7-18(26)25(17)9-11)10-28-19(27)16-6-12-3-4-14(29-20(21)22)8-15(12)24-16/h2-9,20,24H,10H2,1H3. The number of fused-ring (bicyclic) bond motifs is 2. The molecule has 0 bridgehead atoms. The first-order valence-corrected chi connectivity index (χ1v) is 8.63. The van der Waals surface area contributed by atoms with Gasteiger partial charge in [0.15, 0.2) is 0 Å². The van der Waals surface area contributed by atoms with Crippen molar-refractivity contribution >= 4 is 22.5 Å².